The van der Waals surface area contributed by atoms with Crippen LogP contribution in [0.5, 0.6) is 5.75 Å². The van der Waals surface area contributed by atoms with Crippen molar-refractivity contribution in [1.82, 2.24) is 15.0 Å². The van der Waals surface area contributed by atoms with Gasteiger partial charge in [0.2, 0.25) is 11.7 Å². The van der Waals surface area contributed by atoms with E-state index in [2.05, 4.69) is 10.1 Å². The quantitative estimate of drug-likeness (QED) is 0.668. The molecule has 1 unspecified atom stereocenters. The van der Waals surface area contributed by atoms with Crippen LogP contribution in [0.2, 0.25) is 5.02 Å². The van der Waals surface area contributed by atoms with E-state index in [4.69, 9.17) is 20.9 Å². The second-order valence-corrected chi connectivity index (χ2v) is 6.78. The Bertz CT molecular complexity index is 938. The molecule has 0 aliphatic carbocycles. The molecule has 1 saturated heterocycles. The minimum Gasteiger partial charge on any atom is -0.497 e. The number of carbonyl (C=O) groups excluding carboxylic acids is 1. The minimum absolute atomic E-state index is 0.0571. The second kappa shape index (κ2) is 7.40. The summed E-state index contributed by atoms with van der Waals surface area (Å²) in [4.78, 5) is 19.2. The molecule has 1 aliphatic rings. The lowest BCUT2D eigenvalue weighted by molar-refractivity contribution is 0.0710. The first-order valence-corrected chi connectivity index (χ1v) is 9.08. The number of methoxy groups -OCH3 is 1. The first-order chi connectivity index (χ1) is 13.2. The van der Waals surface area contributed by atoms with Crippen LogP contribution in [0.3, 0.4) is 0 Å². The van der Waals surface area contributed by atoms with Gasteiger partial charge in [-0.3, -0.25) is 4.79 Å². The van der Waals surface area contributed by atoms with E-state index < -0.39 is 0 Å². The van der Waals surface area contributed by atoms with Gasteiger partial charge in [0.15, 0.2) is 0 Å². The molecule has 1 fully saturated rings. The Balaban J connectivity index is 1.56. The molecule has 0 bridgehead atoms. The van der Waals surface area contributed by atoms with Gasteiger partial charge < -0.3 is 14.2 Å². The van der Waals surface area contributed by atoms with Crippen molar-refractivity contribution in [2.45, 2.75) is 18.9 Å². The van der Waals surface area contributed by atoms with E-state index in [9.17, 15) is 4.79 Å². The van der Waals surface area contributed by atoms with Gasteiger partial charge in [0.05, 0.1) is 7.11 Å². The average molecular weight is 384 g/mol. The van der Waals surface area contributed by atoms with Crippen LogP contribution in [0.25, 0.3) is 11.4 Å². The topological polar surface area (TPSA) is 68.5 Å². The van der Waals surface area contributed by atoms with Crippen molar-refractivity contribution < 1.29 is 14.1 Å². The third kappa shape index (κ3) is 3.53. The standard InChI is InChI=1S/C20H18ClN3O3/c1-26-16-10-6-13(7-11-16)18-22-19(27-23-18)17-3-2-12-24(17)20(25)14-4-8-15(21)9-5-14/h4-11,17H,2-3,12H2,1H3. The summed E-state index contributed by atoms with van der Waals surface area (Å²) < 4.78 is 10.7. The summed E-state index contributed by atoms with van der Waals surface area (Å²) >= 11 is 5.91. The molecule has 138 valence electrons. The fourth-order valence-electron chi connectivity index (χ4n) is 3.25. The summed E-state index contributed by atoms with van der Waals surface area (Å²) in [7, 11) is 1.62. The maximum absolute atomic E-state index is 12.9. The first-order valence-electron chi connectivity index (χ1n) is 8.70. The minimum atomic E-state index is -0.215. The van der Waals surface area contributed by atoms with Gasteiger partial charge >= 0.3 is 0 Å². The highest BCUT2D eigenvalue weighted by Gasteiger charge is 2.34. The summed E-state index contributed by atoms with van der Waals surface area (Å²) in [5.74, 6) is 1.66. The van der Waals surface area contributed by atoms with Gasteiger partial charge in [-0.25, -0.2) is 0 Å². The number of aromatic nitrogens is 2. The molecule has 27 heavy (non-hydrogen) atoms. The molecule has 4 rings (SSSR count). The first kappa shape index (κ1) is 17.5. The number of hydrogen-bond donors (Lipinski definition) is 0. The number of hydrogen-bond acceptors (Lipinski definition) is 5. The molecular formula is C20H18ClN3O3. The summed E-state index contributed by atoms with van der Waals surface area (Å²) in [6.45, 7) is 0.659. The third-order valence-electron chi connectivity index (χ3n) is 4.68. The zero-order valence-corrected chi connectivity index (χ0v) is 15.5. The van der Waals surface area contributed by atoms with Crippen molar-refractivity contribution in [3.8, 4) is 17.1 Å². The van der Waals surface area contributed by atoms with Crippen LogP contribution in [0, 0.1) is 0 Å². The number of nitrogens with zero attached hydrogens (tertiary/aromatic N) is 3. The van der Waals surface area contributed by atoms with Gasteiger partial charge in [0.25, 0.3) is 5.91 Å². The predicted octanol–water partition coefficient (Wildman–Crippen LogP) is 4.38. The number of ether oxygens (including phenoxy) is 1. The van der Waals surface area contributed by atoms with E-state index in [-0.39, 0.29) is 11.9 Å². The monoisotopic (exact) mass is 383 g/mol. The van der Waals surface area contributed by atoms with E-state index >= 15 is 0 Å². The molecule has 2 aromatic carbocycles. The van der Waals surface area contributed by atoms with Crippen LogP contribution in [-0.4, -0.2) is 34.6 Å². The zero-order chi connectivity index (χ0) is 18.8. The highest BCUT2D eigenvalue weighted by atomic mass is 35.5. The van der Waals surface area contributed by atoms with Crippen molar-refractivity contribution in [2.24, 2.45) is 0 Å². The van der Waals surface area contributed by atoms with Crippen LogP contribution in [0.4, 0.5) is 0 Å². The normalized spacial score (nSPS) is 16.5. The van der Waals surface area contributed by atoms with Crippen LogP contribution in [0.1, 0.15) is 35.1 Å². The van der Waals surface area contributed by atoms with Crippen LogP contribution in [0.15, 0.2) is 53.1 Å². The number of carbonyl (C=O) groups is 1. The summed E-state index contributed by atoms with van der Waals surface area (Å²) in [6.07, 6.45) is 1.69. The molecule has 7 heteroatoms. The smallest absolute Gasteiger partial charge is 0.254 e. The highest BCUT2D eigenvalue weighted by molar-refractivity contribution is 6.30. The van der Waals surface area contributed by atoms with Gasteiger partial charge in [-0.1, -0.05) is 16.8 Å². The molecule has 0 radical (unpaired) electrons. The molecule has 1 amide bonds. The Labute approximate surface area is 161 Å². The van der Waals surface area contributed by atoms with Gasteiger partial charge in [-0.05, 0) is 61.4 Å². The Kier molecular flexibility index (Phi) is 4.81. The SMILES string of the molecule is COc1ccc(-c2noc(C3CCCN3C(=O)c3ccc(Cl)cc3)n2)cc1. The maximum Gasteiger partial charge on any atom is 0.254 e. The van der Waals surface area contributed by atoms with Gasteiger partial charge in [0, 0.05) is 22.7 Å². The number of likely N-dealkylation sites (tertiary alicyclic amines) is 1. The lowest BCUT2D eigenvalue weighted by atomic mass is 10.1. The number of halogens is 1. The molecular weight excluding hydrogens is 366 g/mol. The third-order valence-corrected chi connectivity index (χ3v) is 4.93. The number of benzene rings is 2. The largest absolute Gasteiger partial charge is 0.497 e. The van der Waals surface area contributed by atoms with E-state index in [1.165, 1.54) is 0 Å². The summed E-state index contributed by atoms with van der Waals surface area (Å²) in [5.41, 5.74) is 1.43. The summed E-state index contributed by atoms with van der Waals surface area (Å²) in [5, 5.41) is 4.68. The van der Waals surface area contributed by atoms with E-state index in [0.717, 1.165) is 24.2 Å². The summed E-state index contributed by atoms with van der Waals surface area (Å²) in [6, 6.07) is 14.1. The van der Waals surface area contributed by atoms with Crippen molar-refractivity contribution in [3.63, 3.8) is 0 Å². The van der Waals surface area contributed by atoms with Gasteiger partial charge in [0.1, 0.15) is 11.8 Å². The lowest BCUT2D eigenvalue weighted by Gasteiger charge is -2.21. The van der Waals surface area contributed by atoms with E-state index in [1.54, 1.807) is 36.3 Å². The highest BCUT2D eigenvalue weighted by Crippen LogP contribution is 2.33. The molecule has 1 aromatic heterocycles. The van der Waals surface area contributed by atoms with Gasteiger partial charge in [-0.2, -0.15) is 4.98 Å². The second-order valence-electron chi connectivity index (χ2n) is 6.35. The molecule has 3 aromatic rings. The van der Waals surface area contributed by atoms with E-state index in [1.807, 2.05) is 24.3 Å². The zero-order valence-electron chi connectivity index (χ0n) is 14.8. The van der Waals surface area contributed by atoms with Crippen LogP contribution in [-0.2, 0) is 0 Å². The molecule has 1 atom stereocenters. The van der Waals surface area contributed by atoms with Gasteiger partial charge in [-0.15, -0.1) is 0 Å². The Morgan fingerprint density at radius 2 is 1.93 bits per heavy atom. The Hall–Kier alpha value is -2.86. The molecule has 0 saturated carbocycles. The van der Waals surface area contributed by atoms with Crippen molar-refractivity contribution in [1.29, 1.82) is 0 Å². The molecule has 2 heterocycles. The van der Waals surface area contributed by atoms with Crippen molar-refractivity contribution in [2.75, 3.05) is 13.7 Å². The fourth-order valence-corrected chi connectivity index (χ4v) is 3.38. The molecule has 0 N–H and O–H groups in total. The molecule has 1 aliphatic heterocycles. The average Bonchev–Trinajstić information content (AvgIpc) is 3.37. The lowest BCUT2D eigenvalue weighted by Crippen LogP contribution is -2.30. The van der Waals surface area contributed by atoms with E-state index in [0.29, 0.717) is 28.8 Å². The van der Waals surface area contributed by atoms with Crippen molar-refractivity contribution >= 4 is 17.5 Å². The Morgan fingerprint density at radius 1 is 1.19 bits per heavy atom. The molecule has 0 spiro atoms. The molecule has 6 nitrogen and oxygen atoms in total. The predicted molar refractivity (Wildman–Crippen MR) is 101 cm³/mol. The van der Waals surface area contributed by atoms with Crippen molar-refractivity contribution in [3.05, 3.63) is 65.0 Å². The van der Waals surface area contributed by atoms with Crippen LogP contribution < -0.4 is 4.74 Å². The number of rotatable bonds is 4. The number of amides is 1. The maximum atomic E-state index is 12.9. The fraction of sp³-hybridized carbons (Fsp3) is 0.250. The van der Waals surface area contributed by atoms with Crippen LogP contribution >= 0.6 is 11.6 Å². The Morgan fingerprint density at radius 3 is 2.63 bits per heavy atom.